The lowest BCUT2D eigenvalue weighted by atomic mass is 10.2. The molecule has 0 radical (unpaired) electrons. The summed E-state index contributed by atoms with van der Waals surface area (Å²) in [5.41, 5.74) is 0.869. The van der Waals surface area contributed by atoms with Gasteiger partial charge in [0.2, 0.25) is 5.96 Å². The first-order valence-electron chi connectivity index (χ1n) is 14.8. The molecule has 0 saturated heterocycles. The highest BCUT2D eigenvalue weighted by molar-refractivity contribution is 6.02. The van der Waals surface area contributed by atoms with Crippen molar-refractivity contribution in [3.05, 3.63) is 95.7 Å². The number of aryl methyl sites for hydroxylation is 1. The van der Waals surface area contributed by atoms with Crippen molar-refractivity contribution < 1.29 is 38.1 Å². The Morgan fingerprint density at radius 2 is 1.34 bits per heavy atom. The number of carbonyl (C=O) groups is 4. The summed E-state index contributed by atoms with van der Waals surface area (Å²) >= 11 is 0. The van der Waals surface area contributed by atoms with E-state index < -0.39 is 35.3 Å². The molecule has 0 spiro atoms. The van der Waals surface area contributed by atoms with Crippen LogP contribution in [0, 0.1) is 0 Å². The van der Waals surface area contributed by atoms with Gasteiger partial charge in [-0.05, 0) is 89.6 Å². The Morgan fingerprint density at radius 3 is 1.91 bits per heavy atom. The molecule has 12 heteroatoms. The molecular weight excluding hydrogens is 604 g/mol. The van der Waals surface area contributed by atoms with Crippen molar-refractivity contribution in [2.45, 2.75) is 59.4 Å². The smallest absolute Gasteiger partial charge is 0.414 e. The Bertz CT molecular complexity index is 1770. The number of carbonyl (C=O) groups excluding carboxylic acids is 4. The molecule has 0 atom stereocenters. The molecule has 0 unspecified atom stereocenters. The van der Waals surface area contributed by atoms with Crippen LogP contribution >= 0.6 is 0 Å². The molecule has 3 aromatic carbocycles. The molecule has 0 fully saturated rings. The summed E-state index contributed by atoms with van der Waals surface area (Å²) in [7, 11) is 1.73. The number of hydrogen-bond acceptors (Lipinski definition) is 9. The van der Waals surface area contributed by atoms with Crippen LogP contribution in [0.3, 0.4) is 0 Å². The topological polar surface area (TPSA) is 147 Å². The minimum atomic E-state index is -0.834. The van der Waals surface area contributed by atoms with Crippen molar-refractivity contribution in [3.63, 3.8) is 0 Å². The van der Waals surface area contributed by atoms with Crippen LogP contribution in [0.15, 0.2) is 83.9 Å². The first-order valence-corrected chi connectivity index (χ1v) is 14.8. The molecule has 4 rings (SSSR count). The van der Waals surface area contributed by atoms with Gasteiger partial charge in [-0.1, -0.05) is 30.3 Å². The maximum atomic E-state index is 13.0. The van der Waals surface area contributed by atoms with Crippen molar-refractivity contribution in [1.29, 1.82) is 0 Å². The Balaban J connectivity index is 1.45. The fraction of sp³-hybridized carbons (Fsp3) is 0.286. The fourth-order valence-electron chi connectivity index (χ4n) is 4.22. The second-order valence-electron chi connectivity index (χ2n) is 12.5. The van der Waals surface area contributed by atoms with Crippen molar-refractivity contribution in [3.8, 4) is 5.75 Å². The maximum Gasteiger partial charge on any atom is 0.414 e. The van der Waals surface area contributed by atoms with Gasteiger partial charge < -0.3 is 23.5 Å². The minimum absolute atomic E-state index is 0.149. The number of ether oxygens (including phenoxy) is 4. The molecule has 4 aromatic rings. The van der Waals surface area contributed by atoms with Gasteiger partial charge in [0.15, 0.2) is 0 Å². The molecule has 2 amide bonds. The third-order valence-corrected chi connectivity index (χ3v) is 6.23. The second-order valence-corrected chi connectivity index (χ2v) is 12.5. The van der Waals surface area contributed by atoms with Crippen molar-refractivity contribution in [2.75, 3.05) is 0 Å². The van der Waals surface area contributed by atoms with E-state index in [1.165, 1.54) is 24.3 Å². The third kappa shape index (κ3) is 10.2. The number of fused-ring (bicyclic) bond motifs is 1. The molecule has 2 N–H and O–H groups in total. The lowest BCUT2D eigenvalue weighted by molar-refractivity contribution is 0.0459. The number of hydrogen-bond donors (Lipinski definition) is 2. The second kappa shape index (κ2) is 14.2. The normalized spacial score (nSPS) is 11.3. The summed E-state index contributed by atoms with van der Waals surface area (Å²) in [6.07, 6.45) is -1.67. The van der Waals surface area contributed by atoms with Crippen LogP contribution in [0.1, 0.15) is 68.0 Å². The van der Waals surface area contributed by atoms with Crippen molar-refractivity contribution in [1.82, 2.24) is 15.2 Å². The van der Waals surface area contributed by atoms with E-state index in [4.69, 9.17) is 18.9 Å². The van der Waals surface area contributed by atoms with Gasteiger partial charge in [-0.25, -0.2) is 24.2 Å². The third-order valence-electron chi connectivity index (χ3n) is 6.23. The van der Waals surface area contributed by atoms with Gasteiger partial charge in [0.25, 0.3) is 0 Å². The molecule has 1 heterocycles. The van der Waals surface area contributed by atoms with E-state index in [1.54, 1.807) is 77.4 Å². The van der Waals surface area contributed by atoms with Gasteiger partial charge in [0.05, 0.1) is 16.8 Å². The number of rotatable bonds is 6. The summed E-state index contributed by atoms with van der Waals surface area (Å²) in [5.74, 6) is -1.06. The van der Waals surface area contributed by atoms with Gasteiger partial charge in [-0.15, -0.1) is 0 Å². The largest absolute Gasteiger partial charge is 0.456 e. The molecule has 0 aliphatic heterocycles. The monoisotopic (exact) mass is 642 g/mol. The first kappa shape index (κ1) is 34.2. The highest BCUT2D eigenvalue weighted by atomic mass is 16.6. The van der Waals surface area contributed by atoms with E-state index in [1.807, 2.05) is 30.3 Å². The van der Waals surface area contributed by atoms with E-state index in [-0.39, 0.29) is 23.9 Å². The Morgan fingerprint density at radius 1 is 0.745 bits per heavy atom. The van der Waals surface area contributed by atoms with Gasteiger partial charge in [0, 0.05) is 18.5 Å². The van der Waals surface area contributed by atoms with Crippen LogP contribution in [-0.2, 0) is 27.9 Å². The zero-order valence-corrected chi connectivity index (χ0v) is 27.4. The standard InChI is InChI=1S/C35H38N4O8/c1-34(2,3)46-32(42)37-31(38-33(43)47-35(4,5)6)36-25-16-13-23(14-17-25)29(40)45-26-18-15-24-19-28(39(7)27(24)20-26)30(41)44-21-22-11-9-8-10-12-22/h8-20H,21H2,1-7H3,(H2,36,37,38,42,43). The molecule has 47 heavy (non-hydrogen) atoms. The van der Waals surface area contributed by atoms with Crippen LogP contribution < -0.4 is 15.4 Å². The van der Waals surface area contributed by atoms with Gasteiger partial charge in [-0.3, -0.25) is 10.6 Å². The number of benzene rings is 3. The van der Waals surface area contributed by atoms with Crippen LogP contribution in [0.25, 0.3) is 10.9 Å². The molecule has 1 aromatic heterocycles. The molecule has 0 aliphatic carbocycles. The summed E-state index contributed by atoms with van der Waals surface area (Å²) in [6, 6.07) is 22.2. The van der Waals surface area contributed by atoms with Gasteiger partial charge in [-0.2, -0.15) is 0 Å². The lowest BCUT2D eigenvalue weighted by Crippen LogP contribution is -2.47. The zero-order valence-electron chi connectivity index (χ0n) is 27.4. The molecule has 0 aliphatic rings. The van der Waals surface area contributed by atoms with Crippen LogP contribution in [0.4, 0.5) is 15.3 Å². The molecule has 0 bridgehead atoms. The summed E-state index contributed by atoms with van der Waals surface area (Å²) in [5, 5.41) is 5.59. The highest BCUT2D eigenvalue weighted by Crippen LogP contribution is 2.26. The minimum Gasteiger partial charge on any atom is -0.456 e. The predicted molar refractivity (Wildman–Crippen MR) is 176 cm³/mol. The number of esters is 2. The lowest BCUT2D eigenvalue weighted by Gasteiger charge is -2.22. The van der Waals surface area contributed by atoms with Crippen LogP contribution in [0.5, 0.6) is 5.75 Å². The van der Waals surface area contributed by atoms with Crippen molar-refractivity contribution >= 4 is 46.7 Å². The average molecular weight is 643 g/mol. The van der Waals surface area contributed by atoms with Gasteiger partial charge >= 0.3 is 24.1 Å². The fourth-order valence-corrected chi connectivity index (χ4v) is 4.22. The predicted octanol–water partition coefficient (Wildman–Crippen LogP) is 6.79. The van der Waals surface area contributed by atoms with E-state index in [0.717, 1.165) is 10.9 Å². The number of aromatic nitrogens is 1. The average Bonchev–Trinajstić information content (AvgIpc) is 3.30. The Hall–Kier alpha value is -5.65. The van der Waals surface area contributed by atoms with Crippen LogP contribution in [-0.4, -0.2) is 45.9 Å². The Labute approximate surface area is 272 Å². The summed E-state index contributed by atoms with van der Waals surface area (Å²) in [4.78, 5) is 54.8. The number of nitrogens with zero attached hydrogens (tertiary/aromatic N) is 2. The number of alkyl carbamates (subject to hydrolysis) is 2. The number of amides is 2. The first-order chi connectivity index (χ1) is 22.1. The van der Waals surface area contributed by atoms with E-state index in [9.17, 15) is 19.2 Å². The SMILES string of the molecule is Cn1c(C(=O)OCc2ccccc2)cc2ccc(OC(=O)c3ccc(N=C(NC(=O)OC(C)(C)C)NC(=O)OC(C)(C)C)cc3)cc21. The summed E-state index contributed by atoms with van der Waals surface area (Å²) < 4.78 is 23.3. The van der Waals surface area contributed by atoms with Crippen molar-refractivity contribution in [2.24, 2.45) is 12.0 Å². The number of nitrogens with one attached hydrogen (secondary N) is 2. The quantitative estimate of drug-likeness (QED) is 0.0768. The Kier molecular flexibility index (Phi) is 10.3. The van der Waals surface area contributed by atoms with E-state index >= 15 is 0 Å². The molecule has 0 saturated carbocycles. The van der Waals surface area contributed by atoms with E-state index in [0.29, 0.717) is 16.9 Å². The number of aliphatic imine (C=N–C) groups is 1. The zero-order chi connectivity index (χ0) is 34.4. The highest BCUT2D eigenvalue weighted by Gasteiger charge is 2.22. The van der Waals surface area contributed by atoms with E-state index in [2.05, 4.69) is 15.6 Å². The molecular formula is C35H38N4O8. The molecule has 246 valence electrons. The maximum absolute atomic E-state index is 13.0. The van der Waals surface area contributed by atoms with Crippen LogP contribution in [0.2, 0.25) is 0 Å². The molecule has 12 nitrogen and oxygen atoms in total. The number of guanidine groups is 1. The summed E-state index contributed by atoms with van der Waals surface area (Å²) in [6.45, 7) is 10.3. The van der Waals surface area contributed by atoms with Gasteiger partial charge in [0.1, 0.15) is 29.3 Å².